The Kier molecular flexibility index (Phi) is 4.26. The zero-order valence-electron chi connectivity index (χ0n) is 11.6. The summed E-state index contributed by atoms with van der Waals surface area (Å²) < 4.78 is 1.01. The number of benzene rings is 1. The van der Waals surface area contributed by atoms with E-state index in [0.717, 1.165) is 10.0 Å². The Hall–Kier alpha value is -0.830. The Balaban J connectivity index is 3.31. The van der Waals surface area contributed by atoms with Crippen molar-refractivity contribution >= 4 is 21.9 Å². The van der Waals surface area contributed by atoms with Crippen LogP contribution in [-0.2, 0) is 4.79 Å². The molecule has 0 aliphatic heterocycles. The molecule has 0 aliphatic carbocycles. The Morgan fingerprint density at radius 3 is 1.89 bits per heavy atom. The van der Waals surface area contributed by atoms with E-state index in [1.165, 1.54) is 0 Å². The number of halogens is 1. The first-order valence-corrected chi connectivity index (χ1v) is 6.85. The van der Waals surface area contributed by atoms with Crippen molar-refractivity contribution in [2.75, 3.05) is 0 Å². The first-order valence-electron chi connectivity index (χ1n) is 6.05. The van der Waals surface area contributed by atoms with Crippen molar-refractivity contribution < 1.29 is 9.90 Å². The van der Waals surface area contributed by atoms with Crippen LogP contribution in [0.3, 0.4) is 0 Å². The number of rotatable bonds is 3. The lowest BCUT2D eigenvalue weighted by molar-refractivity contribution is -0.150. The second-order valence-electron chi connectivity index (χ2n) is 6.38. The van der Waals surface area contributed by atoms with Crippen molar-refractivity contribution in [2.24, 2.45) is 10.8 Å². The summed E-state index contributed by atoms with van der Waals surface area (Å²) >= 11 is 3.41. The second kappa shape index (κ2) is 5.04. The molecule has 1 unspecified atom stereocenters. The van der Waals surface area contributed by atoms with Gasteiger partial charge in [-0.25, -0.2) is 0 Å². The smallest absolute Gasteiger partial charge is 0.309 e. The fraction of sp³-hybridized carbons (Fsp3) is 0.533. The standard InChI is InChI=1S/C15H21BrO2/c1-14(2,3)12(15(4,5)13(17)18)10-6-8-11(16)9-7-10/h6-9,12H,1-5H3,(H,17,18). The minimum Gasteiger partial charge on any atom is -0.481 e. The van der Waals surface area contributed by atoms with E-state index in [0.29, 0.717) is 0 Å². The zero-order valence-corrected chi connectivity index (χ0v) is 13.2. The number of hydrogen-bond acceptors (Lipinski definition) is 1. The van der Waals surface area contributed by atoms with E-state index in [2.05, 4.69) is 36.7 Å². The van der Waals surface area contributed by atoms with Crippen molar-refractivity contribution in [3.63, 3.8) is 0 Å². The van der Waals surface area contributed by atoms with Gasteiger partial charge in [0.2, 0.25) is 0 Å². The summed E-state index contributed by atoms with van der Waals surface area (Å²) in [5, 5.41) is 9.48. The Bertz CT molecular complexity index is 427. The van der Waals surface area contributed by atoms with Crippen molar-refractivity contribution in [1.82, 2.24) is 0 Å². The third kappa shape index (κ3) is 3.14. The normalized spacial score (nSPS) is 14.3. The molecule has 0 fully saturated rings. The van der Waals surface area contributed by atoms with Crippen LogP contribution in [-0.4, -0.2) is 11.1 Å². The molecule has 0 radical (unpaired) electrons. The Morgan fingerprint density at radius 2 is 1.56 bits per heavy atom. The molecule has 0 aliphatic rings. The Labute approximate surface area is 118 Å². The summed E-state index contributed by atoms with van der Waals surface area (Å²) in [5.41, 5.74) is 0.153. The zero-order chi connectivity index (χ0) is 14.1. The van der Waals surface area contributed by atoms with Gasteiger partial charge in [-0.15, -0.1) is 0 Å². The number of carboxylic acids is 1. The van der Waals surface area contributed by atoms with Crippen LogP contribution in [0.25, 0.3) is 0 Å². The van der Waals surface area contributed by atoms with Gasteiger partial charge in [-0.1, -0.05) is 48.8 Å². The van der Waals surface area contributed by atoms with Crippen LogP contribution in [0.4, 0.5) is 0 Å². The van der Waals surface area contributed by atoms with E-state index in [1.54, 1.807) is 13.8 Å². The third-order valence-electron chi connectivity index (χ3n) is 3.34. The molecule has 18 heavy (non-hydrogen) atoms. The molecule has 0 saturated carbocycles. The summed E-state index contributed by atoms with van der Waals surface area (Å²) in [6, 6.07) is 7.94. The largest absolute Gasteiger partial charge is 0.481 e. The molecule has 0 saturated heterocycles. The average molecular weight is 313 g/mol. The van der Waals surface area contributed by atoms with Crippen LogP contribution < -0.4 is 0 Å². The van der Waals surface area contributed by atoms with Crippen molar-refractivity contribution in [2.45, 2.75) is 40.5 Å². The SMILES string of the molecule is CC(C)(C)C(c1ccc(Br)cc1)C(C)(C)C(=O)O. The van der Waals surface area contributed by atoms with Crippen LogP contribution in [0.5, 0.6) is 0 Å². The first-order chi connectivity index (χ1) is 8.06. The van der Waals surface area contributed by atoms with Gasteiger partial charge in [0, 0.05) is 10.4 Å². The minimum absolute atomic E-state index is 0.0457. The van der Waals surface area contributed by atoms with E-state index >= 15 is 0 Å². The predicted octanol–water partition coefficient (Wildman–Crippen LogP) is 4.69. The van der Waals surface area contributed by atoms with Crippen LogP contribution in [0.2, 0.25) is 0 Å². The van der Waals surface area contributed by atoms with Gasteiger partial charge in [-0.2, -0.15) is 0 Å². The maximum absolute atomic E-state index is 11.5. The highest BCUT2D eigenvalue weighted by molar-refractivity contribution is 9.10. The van der Waals surface area contributed by atoms with Gasteiger partial charge in [0.1, 0.15) is 0 Å². The summed E-state index contributed by atoms with van der Waals surface area (Å²) in [5.74, 6) is -0.805. The minimum atomic E-state index is -0.800. The first kappa shape index (κ1) is 15.2. The maximum atomic E-state index is 11.5. The Morgan fingerprint density at radius 1 is 1.11 bits per heavy atom. The van der Waals surface area contributed by atoms with E-state index in [-0.39, 0.29) is 11.3 Å². The molecule has 1 N–H and O–H groups in total. The van der Waals surface area contributed by atoms with Gasteiger partial charge in [0.15, 0.2) is 0 Å². The molecule has 0 heterocycles. The van der Waals surface area contributed by atoms with Crippen LogP contribution in [0.1, 0.15) is 46.1 Å². The molecule has 0 aromatic heterocycles. The molecule has 1 aromatic rings. The summed E-state index contributed by atoms with van der Waals surface area (Å²) in [4.78, 5) is 11.5. The molecule has 0 spiro atoms. The fourth-order valence-corrected chi connectivity index (χ4v) is 3.04. The molecule has 100 valence electrons. The van der Waals surface area contributed by atoms with Crippen molar-refractivity contribution in [3.05, 3.63) is 34.3 Å². The van der Waals surface area contributed by atoms with Gasteiger partial charge in [0.25, 0.3) is 0 Å². The van der Waals surface area contributed by atoms with Gasteiger partial charge in [-0.3, -0.25) is 4.79 Å². The molecule has 3 heteroatoms. The highest BCUT2D eigenvalue weighted by Gasteiger charge is 2.44. The lowest BCUT2D eigenvalue weighted by atomic mass is 9.63. The molecular formula is C15H21BrO2. The monoisotopic (exact) mass is 312 g/mol. The highest BCUT2D eigenvalue weighted by Crippen LogP contribution is 2.47. The summed E-state index contributed by atoms with van der Waals surface area (Å²) in [6.45, 7) is 9.86. The molecule has 1 atom stereocenters. The van der Waals surface area contributed by atoms with Crippen LogP contribution >= 0.6 is 15.9 Å². The summed E-state index contributed by atoms with van der Waals surface area (Å²) in [6.07, 6.45) is 0. The molecule has 0 amide bonds. The van der Waals surface area contributed by atoms with Crippen LogP contribution in [0, 0.1) is 10.8 Å². The van der Waals surface area contributed by atoms with Crippen molar-refractivity contribution in [1.29, 1.82) is 0 Å². The molecule has 0 bridgehead atoms. The van der Waals surface area contributed by atoms with E-state index in [1.807, 2.05) is 24.3 Å². The van der Waals surface area contributed by atoms with Gasteiger partial charge in [0.05, 0.1) is 5.41 Å². The quantitative estimate of drug-likeness (QED) is 0.879. The van der Waals surface area contributed by atoms with Gasteiger partial charge >= 0.3 is 5.97 Å². The van der Waals surface area contributed by atoms with Gasteiger partial charge in [-0.05, 0) is 37.0 Å². The highest BCUT2D eigenvalue weighted by atomic mass is 79.9. The second-order valence-corrected chi connectivity index (χ2v) is 7.29. The lowest BCUT2D eigenvalue weighted by Crippen LogP contribution is -2.38. The number of hydrogen-bond donors (Lipinski definition) is 1. The molecule has 1 rings (SSSR count). The predicted molar refractivity (Wildman–Crippen MR) is 77.8 cm³/mol. The topological polar surface area (TPSA) is 37.3 Å². The van der Waals surface area contributed by atoms with E-state index in [9.17, 15) is 9.90 Å². The molecular weight excluding hydrogens is 292 g/mol. The van der Waals surface area contributed by atoms with E-state index < -0.39 is 11.4 Å². The molecule has 2 nitrogen and oxygen atoms in total. The van der Waals surface area contributed by atoms with Gasteiger partial charge < -0.3 is 5.11 Å². The number of carboxylic acid groups (broad SMARTS) is 1. The average Bonchev–Trinajstić information content (AvgIpc) is 2.18. The van der Waals surface area contributed by atoms with Crippen LogP contribution in [0.15, 0.2) is 28.7 Å². The fourth-order valence-electron chi connectivity index (χ4n) is 2.78. The van der Waals surface area contributed by atoms with Crippen molar-refractivity contribution in [3.8, 4) is 0 Å². The molecule has 1 aromatic carbocycles. The lowest BCUT2D eigenvalue weighted by Gasteiger charge is -2.40. The van der Waals surface area contributed by atoms with E-state index in [4.69, 9.17) is 0 Å². The third-order valence-corrected chi connectivity index (χ3v) is 3.87. The maximum Gasteiger partial charge on any atom is 0.309 e. The number of carbonyl (C=O) groups is 1. The summed E-state index contributed by atoms with van der Waals surface area (Å²) in [7, 11) is 0. The number of aliphatic carboxylic acids is 1.